The number of likely N-dealkylation sites (tertiary alicyclic amines) is 1. The van der Waals surface area contributed by atoms with Crippen LogP contribution in [-0.2, 0) is 0 Å². The van der Waals surface area contributed by atoms with Crippen LogP contribution < -0.4 is 5.73 Å². The topological polar surface area (TPSA) is 66.6 Å². The van der Waals surface area contributed by atoms with Crippen LogP contribution >= 0.6 is 0 Å². The van der Waals surface area contributed by atoms with E-state index >= 15 is 0 Å². The Hall–Kier alpha value is -1.62. The molecule has 18 heavy (non-hydrogen) atoms. The summed E-state index contributed by atoms with van der Waals surface area (Å²) < 4.78 is 13.3. The molecule has 3 N–H and O–H groups in total. The Morgan fingerprint density at radius 3 is 2.94 bits per heavy atom. The van der Waals surface area contributed by atoms with Gasteiger partial charge in [-0.15, -0.1) is 0 Å². The molecule has 4 nitrogen and oxygen atoms in total. The first kappa shape index (κ1) is 12.8. The summed E-state index contributed by atoms with van der Waals surface area (Å²) in [5.74, 6) is -0.580. The number of carbonyl (C=O) groups excluding carboxylic acids is 1. The van der Waals surface area contributed by atoms with Gasteiger partial charge in [0.1, 0.15) is 5.82 Å². The smallest absolute Gasteiger partial charge is 0.254 e. The van der Waals surface area contributed by atoms with Gasteiger partial charge in [-0.1, -0.05) is 6.92 Å². The van der Waals surface area contributed by atoms with Crippen LogP contribution in [0.5, 0.6) is 0 Å². The quantitative estimate of drug-likeness (QED) is 0.778. The highest BCUT2D eigenvalue weighted by molar-refractivity contribution is 5.95. The summed E-state index contributed by atoms with van der Waals surface area (Å²) in [5, 5.41) is 9.31. The third-order valence-corrected chi connectivity index (χ3v) is 3.58. The van der Waals surface area contributed by atoms with Gasteiger partial charge in [-0.2, -0.15) is 0 Å². The van der Waals surface area contributed by atoms with Crippen LogP contribution in [0.1, 0.15) is 23.7 Å². The number of nitrogens with two attached hydrogens (primary N) is 1. The first-order valence-electron chi connectivity index (χ1n) is 6.01. The second-order valence-corrected chi connectivity index (χ2v) is 4.75. The number of nitrogen functional groups attached to an aromatic ring is 1. The standard InChI is InChI=1S/C13H17FN2O2/c1-8-4-5-16(12(8)7-17)13(18)9-2-3-11(15)10(14)6-9/h2-3,6,8,12,17H,4-5,7,15H2,1H3. The molecule has 0 saturated carbocycles. The summed E-state index contributed by atoms with van der Waals surface area (Å²) in [6, 6.07) is 3.86. The number of hydrogen-bond acceptors (Lipinski definition) is 3. The van der Waals surface area contributed by atoms with Gasteiger partial charge >= 0.3 is 0 Å². The maximum absolute atomic E-state index is 13.3. The number of benzene rings is 1. The maximum Gasteiger partial charge on any atom is 0.254 e. The highest BCUT2D eigenvalue weighted by atomic mass is 19.1. The van der Waals surface area contributed by atoms with Gasteiger partial charge < -0.3 is 15.7 Å². The fourth-order valence-electron chi connectivity index (χ4n) is 2.36. The first-order chi connectivity index (χ1) is 8.54. The van der Waals surface area contributed by atoms with Crippen LogP contribution in [-0.4, -0.2) is 35.1 Å². The summed E-state index contributed by atoms with van der Waals surface area (Å²) in [7, 11) is 0. The lowest BCUT2D eigenvalue weighted by Crippen LogP contribution is -2.39. The summed E-state index contributed by atoms with van der Waals surface area (Å²) in [6.07, 6.45) is 0.856. The molecule has 1 aliphatic heterocycles. The molecule has 1 heterocycles. The molecule has 1 fully saturated rings. The van der Waals surface area contributed by atoms with E-state index in [-0.39, 0.29) is 35.7 Å². The average Bonchev–Trinajstić information content (AvgIpc) is 2.73. The van der Waals surface area contributed by atoms with Crippen molar-refractivity contribution in [3.05, 3.63) is 29.6 Å². The first-order valence-corrected chi connectivity index (χ1v) is 6.01. The third kappa shape index (κ3) is 2.18. The molecule has 0 spiro atoms. The van der Waals surface area contributed by atoms with Gasteiger partial charge in [0.15, 0.2) is 0 Å². The monoisotopic (exact) mass is 252 g/mol. The van der Waals surface area contributed by atoms with Crippen molar-refractivity contribution in [2.75, 3.05) is 18.9 Å². The van der Waals surface area contributed by atoms with Crippen molar-refractivity contribution in [1.82, 2.24) is 4.90 Å². The molecule has 2 atom stereocenters. The summed E-state index contributed by atoms with van der Waals surface area (Å²) >= 11 is 0. The molecular weight excluding hydrogens is 235 g/mol. The van der Waals surface area contributed by atoms with Gasteiger partial charge in [-0.25, -0.2) is 4.39 Å². The van der Waals surface area contributed by atoms with E-state index in [2.05, 4.69) is 0 Å². The zero-order chi connectivity index (χ0) is 13.3. The Morgan fingerprint density at radius 1 is 1.61 bits per heavy atom. The van der Waals surface area contributed by atoms with E-state index in [1.165, 1.54) is 12.1 Å². The van der Waals surface area contributed by atoms with Gasteiger partial charge in [0, 0.05) is 12.1 Å². The lowest BCUT2D eigenvalue weighted by molar-refractivity contribution is 0.0648. The molecule has 1 aromatic carbocycles. The normalized spacial score (nSPS) is 23.4. The van der Waals surface area contributed by atoms with Crippen molar-refractivity contribution >= 4 is 11.6 Å². The van der Waals surface area contributed by atoms with Crippen molar-refractivity contribution in [3.63, 3.8) is 0 Å². The molecule has 1 amide bonds. The average molecular weight is 252 g/mol. The number of hydrogen-bond donors (Lipinski definition) is 2. The molecule has 2 unspecified atom stereocenters. The van der Waals surface area contributed by atoms with E-state index in [0.717, 1.165) is 12.5 Å². The molecule has 0 aromatic heterocycles. The number of anilines is 1. The van der Waals surface area contributed by atoms with Crippen LogP contribution in [0.25, 0.3) is 0 Å². The van der Waals surface area contributed by atoms with Crippen molar-refractivity contribution < 1.29 is 14.3 Å². The molecule has 1 saturated heterocycles. The van der Waals surface area contributed by atoms with Crippen LogP contribution in [0.3, 0.4) is 0 Å². The van der Waals surface area contributed by atoms with E-state index in [4.69, 9.17) is 5.73 Å². The number of carbonyl (C=O) groups is 1. The highest BCUT2D eigenvalue weighted by Crippen LogP contribution is 2.25. The highest BCUT2D eigenvalue weighted by Gasteiger charge is 2.34. The SMILES string of the molecule is CC1CCN(C(=O)c2ccc(N)c(F)c2)C1CO. The third-order valence-electron chi connectivity index (χ3n) is 3.58. The predicted molar refractivity (Wildman–Crippen MR) is 66.5 cm³/mol. The minimum absolute atomic E-state index is 0.0278. The molecule has 0 aliphatic carbocycles. The minimum Gasteiger partial charge on any atom is -0.396 e. The molecule has 98 valence electrons. The maximum atomic E-state index is 13.3. The van der Waals surface area contributed by atoms with E-state index < -0.39 is 5.82 Å². The Balaban J connectivity index is 2.23. The molecule has 1 aliphatic rings. The van der Waals surface area contributed by atoms with Crippen LogP contribution in [0.4, 0.5) is 10.1 Å². The zero-order valence-electron chi connectivity index (χ0n) is 10.3. The molecule has 1 aromatic rings. The molecule has 2 rings (SSSR count). The largest absolute Gasteiger partial charge is 0.396 e. The predicted octanol–water partition coefficient (Wildman–Crippen LogP) is 1.25. The number of aliphatic hydroxyl groups excluding tert-OH is 1. The van der Waals surface area contributed by atoms with Gasteiger partial charge in [0.2, 0.25) is 0 Å². The fourth-order valence-corrected chi connectivity index (χ4v) is 2.36. The summed E-state index contributed by atoms with van der Waals surface area (Å²) in [4.78, 5) is 13.8. The number of rotatable bonds is 2. The van der Waals surface area contributed by atoms with Crippen LogP contribution in [0, 0.1) is 11.7 Å². The second kappa shape index (κ2) is 4.94. The van der Waals surface area contributed by atoms with Gasteiger partial charge in [-0.05, 0) is 30.5 Å². The van der Waals surface area contributed by atoms with Gasteiger partial charge in [0.25, 0.3) is 5.91 Å². The molecule has 0 bridgehead atoms. The van der Waals surface area contributed by atoms with Crippen LogP contribution in [0.2, 0.25) is 0 Å². The summed E-state index contributed by atoms with van der Waals surface area (Å²) in [5.41, 5.74) is 5.68. The molecular formula is C13H17FN2O2. The molecule has 5 heteroatoms. The fraction of sp³-hybridized carbons (Fsp3) is 0.462. The van der Waals surface area contributed by atoms with Gasteiger partial charge in [-0.3, -0.25) is 4.79 Å². The van der Waals surface area contributed by atoms with Gasteiger partial charge in [0.05, 0.1) is 18.3 Å². The Kier molecular flexibility index (Phi) is 3.52. The Bertz CT molecular complexity index is 464. The van der Waals surface area contributed by atoms with Crippen LogP contribution in [0.15, 0.2) is 18.2 Å². The van der Waals surface area contributed by atoms with Crippen molar-refractivity contribution in [2.24, 2.45) is 5.92 Å². The lowest BCUT2D eigenvalue weighted by Gasteiger charge is -2.25. The van der Waals surface area contributed by atoms with E-state index in [0.29, 0.717) is 6.54 Å². The van der Waals surface area contributed by atoms with Crippen molar-refractivity contribution in [1.29, 1.82) is 0 Å². The number of amides is 1. The zero-order valence-corrected chi connectivity index (χ0v) is 10.3. The summed E-state index contributed by atoms with van der Waals surface area (Å²) in [6.45, 7) is 2.53. The van der Waals surface area contributed by atoms with Crippen molar-refractivity contribution in [3.8, 4) is 0 Å². The van der Waals surface area contributed by atoms with E-state index in [1.54, 1.807) is 4.90 Å². The second-order valence-electron chi connectivity index (χ2n) is 4.75. The number of nitrogens with zero attached hydrogens (tertiary/aromatic N) is 1. The van der Waals surface area contributed by atoms with E-state index in [1.807, 2.05) is 6.92 Å². The van der Waals surface area contributed by atoms with E-state index in [9.17, 15) is 14.3 Å². The number of halogens is 1. The number of aliphatic hydroxyl groups is 1. The Morgan fingerprint density at radius 2 is 2.33 bits per heavy atom. The Labute approximate surface area is 105 Å². The molecule has 0 radical (unpaired) electrons. The minimum atomic E-state index is -0.589. The lowest BCUT2D eigenvalue weighted by atomic mass is 10.0. The van der Waals surface area contributed by atoms with Crippen molar-refractivity contribution in [2.45, 2.75) is 19.4 Å².